The molecule has 0 saturated carbocycles. The number of piperidine rings is 1. The van der Waals surface area contributed by atoms with Crippen molar-refractivity contribution in [3.8, 4) is 0 Å². The van der Waals surface area contributed by atoms with Crippen LogP contribution in [-0.2, 0) is 10.0 Å². The molecule has 2 fully saturated rings. The van der Waals surface area contributed by atoms with Gasteiger partial charge in [0.15, 0.2) is 0 Å². The molecule has 6 heteroatoms. The summed E-state index contributed by atoms with van der Waals surface area (Å²) in [6, 6.07) is 0.105. The Labute approximate surface area is 104 Å². The maximum Gasteiger partial charge on any atom is 0.217 e. The van der Waals surface area contributed by atoms with E-state index < -0.39 is 10.0 Å². The summed E-state index contributed by atoms with van der Waals surface area (Å²) in [6.07, 6.45) is 1.50. The van der Waals surface area contributed by atoms with Gasteiger partial charge in [-0.2, -0.15) is 4.31 Å². The van der Waals surface area contributed by atoms with Gasteiger partial charge >= 0.3 is 0 Å². The van der Waals surface area contributed by atoms with Gasteiger partial charge in [0.2, 0.25) is 10.0 Å². The zero-order valence-electron chi connectivity index (χ0n) is 10.7. The van der Waals surface area contributed by atoms with Crippen molar-refractivity contribution in [1.29, 1.82) is 0 Å². The van der Waals surface area contributed by atoms with E-state index in [4.69, 9.17) is 0 Å². The van der Waals surface area contributed by atoms with E-state index in [2.05, 4.69) is 10.2 Å². The second-order valence-electron chi connectivity index (χ2n) is 5.22. The Morgan fingerprint density at radius 2 is 1.82 bits per heavy atom. The highest BCUT2D eigenvalue weighted by molar-refractivity contribution is 7.89. The van der Waals surface area contributed by atoms with Gasteiger partial charge in [-0.3, -0.25) is 0 Å². The van der Waals surface area contributed by atoms with E-state index in [1.165, 1.54) is 0 Å². The molecule has 2 aliphatic heterocycles. The highest BCUT2D eigenvalue weighted by atomic mass is 32.2. The lowest BCUT2D eigenvalue weighted by atomic mass is 10.2. The number of nitrogens with zero attached hydrogens (tertiary/aromatic N) is 2. The Kier molecular flexibility index (Phi) is 4.07. The maximum atomic E-state index is 12.5. The summed E-state index contributed by atoms with van der Waals surface area (Å²) in [7, 11) is -1.04. The average molecular weight is 261 g/mol. The largest absolute Gasteiger partial charge is 0.317 e. The minimum Gasteiger partial charge on any atom is -0.317 e. The number of rotatable bonds is 2. The van der Waals surface area contributed by atoms with Crippen LogP contribution >= 0.6 is 0 Å². The van der Waals surface area contributed by atoms with E-state index in [1.54, 1.807) is 4.31 Å². The first-order valence-corrected chi connectivity index (χ1v) is 7.92. The number of piperazine rings is 1. The maximum absolute atomic E-state index is 12.5. The van der Waals surface area contributed by atoms with Crippen molar-refractivity contribution in [3.05, 3.63) is 0 Å². The minimum absolute atomic E-state index is 0.105. The number of nitrogens with one attached hydrogen (secondary N) is 1. The summed E-state index contributed by atoms with van der Waals surface area (Å²) in [5.41, 5.74) is 0. The molecule has 1 atom stereocenters. The van der Waals surface area contributed by atoms with Crippen molar-refractivity contribution >= 4 is 10.0 Å². The second kappa shape index (κ2) is 5.22. The number of hydrogen-bond acceptors (Lipinski definition) is 4. The van der Waals surface area contributed by atoms with E-state index in [9.17, 15) is 8.42 Å². The van der Waals surface area contributed by atoms with Gasteiger partial charge in [0.1, 0.15) is 0 Å². The van der Waals surface area contributed by atoms with Crippen molar-refractivity contribution in [2.24, 2.45) is 0 Å². The molecule has 2 heterocycles. The van der Waals surface area contributed by atoms with Crippen LogP contribution in [0.4, 0.5) is 0 Å². The molecule has 2 rings (SSSR count). The smallest absolute Gasteiger partial charge is 0.217 e. The number of hydrogen-bond donors (Lipinski definition) is 1. The summed E-state index contributed by atoms with van der Waals surface area (Å²) >= 11 is 0. The summed E-state index contributed by atoms with van der Waals surface area (Å²) < 4.78 is 26.8. The predicted molar refractivity (Wildman–Crippen MR) is 68.5 cm³/mol. The summed E-state index contributed by atoms with van der Waals surface area (Å²) in [4.78, 5) is 2.19. The topological polar surface area (TPSA) is 52.7 Å². The van der Waals surface area contributed by atoms with E-state index in [0.29, 0.717) is 6.54 Å². The molecular weight excluding hydrogens is 238 g/mol. The molecule has 0 radical (unpaired) electrons. The molecule has 0 spiro atoms. The Morgan fingerprint density at radius 3 is 2.41 bits per heavy atom. The van der Waals surface area contributed by atoms with E-state index >= 15 is 0 Å². The van der Waals surface area contributed by atoms with Crippen molar-refractivity contribution in [2.45, 2.75) is 31.1 Å². The molecule has 0 aliphatic carbocycles. The molecule has 17 heavy (non-hydrogen) atoms. The first-order valence-electron chi connectivity index (χ1n) is 6.41. The second-order valence-corrected chi connectivity index (χ2v) is 7.38. The average Bonchev–Trinajstić information content (AvgIpc) is 2.29. The fourth-order valence-corrected chi connectivity index (χ4v) is 4.90. The molecule has 0 bridgehead atoms. The van der Waals surface area contributed by atoms with Gasteiger partial charge in [0.25, 0.3) is 0 Å². The molecule has 2 saturated heterocycles. The van der Waals surface area contributed by atoms with Gasteiger partial charge in [-0.1, -0.05) is 0 Å². The van der Waals surface area contributed by atoms with Gasteiger partial charge in [0, 0.05) is 25.7 Å². The van der Waals surface area contributed by atoms with Crippen LogP contribution in [-0.4, -0.2) is 68.7 Å². The zero-order valence-corrected chi connectivity index (χ0v) is 11.5. The fraction of sp³-hybridized carbons (Fsp3) is 1.00. The van der Waals surface area contributed by atoms with Crippen molar-refractivity contribution in [2.75, 3.05) is 39.8 Å². The predicted octanol–water partition coefficient (Wildman–Crippen LogP) is -0.296. The number of likely N-dealkylation sites (N-methyl/N-ethyl adjacent to an activating group) is 1. The van der Waals surface area contributed by atoms with Crippen LogP contribution in [0.3, 0.4) is 0 Å². The third-order valence-electron chi connectivity index (χ3n) is 3.80. The first kappa shape index (κ1) is 13.3. The molecule has 0 aromatic rings. The van der Waals surface area contributed by atoms with Crippen LogP contribution < -0.4 is 5.32 Å². The minimum atomic E-state index is -3.09. The van der Waals surface area contributed by atoms with Crippen LogP contribution in [0.1, 0.15) is 19.8 Å². The fourth-order valence-electron chi connectivity index (χ4n) is 2.79. The SMILES string of the molecule is CC1CN(C)CCN1S(=O)(=O)C1CCNCC1. The quantitative estimate of drug-likeness (QED) is 0.742. The van der Waals surface area contributed by atoms with Crippen LogP contribution in [0.15, 0.2) is 0 Å². The molecule has 0 aromatic carbocycles. The molecule has 0 aromatic heterocycles. The molecule has 100 valence electrons. The third kappa shape index (κ3) is 2.81. The van der Waals surface area contributed by atoms with E-state index in [1.807, 2.05) is 14.0 Å². The van der Waals surface area contributed by atoms with Crippen LogP contribution in [0.25, 0.3) is 0 Å². The van der Waals surface area contributed by atoms with Crippen molar-refractivity contribution < 1.29 is 8.42 Å². The van der Waals surface area contributed by atoms with Crippen LogP contribution in [0.2, 0.25) is 0 Å². The van der Waals surface area contributed by atoms with Gasteiger partial charge in [0.05, 0.1) is 5.25 Å². The van der Waals surface area contributed by atoms with Crippen molar-refractivity contribution in [3.63, 3.8) is 0 Å². The lowest BCUT2D eigenvalue weighted by molar-refractivity contribution is 0.168. The highest BCUT2D eigenvalue weighted by Gasteiger charge is 2.37. The third-order valence-corrected chi connectivity index (χ3v) is 6.31. The zero-order chi connectivity index (χ0) is 12.5. The number of sulfonamides is 1. The van der Waals surface area contributed by atoms with E-state index in [0.717, 1.165) is 39.0 Å². The highest BCUT2D eigenvalue weighted by Crippen LogP contribution is 2.22. The Hall–Kier alpha value is -0.170. The Morgan fingerprint density at radius 1 is 1.18 bits per heavy atom. The van der Waals surface area contributed by atoms with Gasteiger partial charge < -0.3 is 10.2 Å². The van der Waals surface area contributed by atoms with Crippen molar-refractivity contribution in [1.82, 2.24) is 14.5 Å². The summed E-state index contributed by atoms with van der Waals surface area (Å²) in [5, 5.41) is 3.05. The molecule has 1 unspecified atom stereocenters. The lowest BCUT2D eigenvalue weighted by Gasteiger charge is -2.39. The van der Waals surface area contributed by atoms with Crippen LogP contribution in [0.5, 0.6) is 0 Å². The molecule has 0 amide bonds. The Bertz CT molecular complexity index is 352. The molecule has 1 N–H and O–H groups in total. The normalized spacial score (nSPS) is 30.6. The van der Waals surface area contributed by atoms with Crippen LogP contribution in [0, 0.1) is 0 Å². The Balaban J connectivity index is 2.08. The first-order chi connectivity index (χ1) is 8.01. The molecule has 2 aliphatic rings. The summed E-state index contributed by atoms with van der Waals surface area (Å²) in [6.45, 7) is 5.98. The standard InChI is InChI=1S/C11H23N3O2S/c1-10-9-13(2)7-8-14(10)17(15,16)11-3-5-12-6-4-11/h10-12H,3-9H2,1-2H3. The van der Waals surface area contributed by atoms with E-state index in [-0.39, 0.29) is 11.3 Å². The molecular formula is C11H23N3O2S. The summed E-state index contributed by atoms with van der Waals surface area (Å²) in [5.74, 6) is 0. The monoisotopic (exact) mass is 261 g/mol. The van der Waals surface area contributed by atoms with Gasteiger partial charge in [-0.15, -0.1) is 0 Å². The van der Waals surface area contributed by atoms with Gasteiger partial charge in [-0.25, -0.2) is 8.42 Å². The molecule has 5 nitrogen and oxygen atoms in total. The van der Waals surface area contributed by atoms with Gasteiger partial charge in [-0.05, 0) is 39.9 Å². The lowest BCUT2D eigenvalue weighted by Crippen LogP contribution is -2.55.